The maximum Gasteiger partial charge on any atom is 0.409 e. The summed E-state index contributed by atoms with van der Waals surface area (Å²) < 4.78 is 32.5. The van der Waals surface area contributed by atoms with E-state index >= 15 is 0 Å². The highest BCUT2D eigenvalue weighted by Crippen LogP contribution is 2.44. The van der Waals surface area contributed by atoms with E-state index in [2.05, 4.69) is 11.1 Å². The van der Waals surface area contributed by atoms with Crippen molar-refractivity contribution in [1.29, 1.82) is 0 Å². The van der Waals surface area contributed by atoms with Crippen LogP contribution in [0.4, 0.5) is 0 Å². The average Bonchev–Trinajstić information content (AvgIpc) is 2.21. The Morgan fingerprint density at radius 3 is 2.00 bits per heavy atom. The van der Waals surface area contributed by atoms with Crippen LogP contribution >= 0.6 is 10.3 Å². The molecule has 112 valence electrons. The minimum atomic E-state index is -3.80. The van der Waals surface area contributed by atoms with Crippen LogP contribution in [0.5, 0.6) is 0 Å². The van der Waals surface area contributed by atoms with E-state index in [9.17, 15) is 8.42 Å². The molecule has 4 nitrogen and oxygen atoms in total. The molecule has 0 saturated carbocycles. The van der Waals surface area contributed by atoms with Gasteiger partial charge in [-0.05, 0) is 31.6 Å². The van der Waals surface area contributed by atoms with Gasteiger partial charge in [0.05, 0.1) is 6.61 Å². The highest BCUT2D eigenvalue weighted by atomic mass is 32.3. The standard InChI is InChI=1S/C12H28O4S2/c1-5-7-8-9-10-11-12-17(3,4)16-18(13,14)15-6-2/h5-12H2,1-4H3. The smallest absolute Gasteiger partial charge is 0.248 e. The van der Waals surface area contributed by atoms with Crippen molar-refractivity contribution in [2.75, 3.05) is 24.9 Å². The molecule has 0 heterocycles. The summed E-state index contributed by atoms with van der Waals surface area (Å²) in [5.41, 5.74) is 0. The van der Waals surface area contributed by atoms with E-state index < -0.39 is 20.7 Å². The second-order valence-corrected chi connectivity index (χ2v) is 9.67. The Morgan fingerprint density at radius 2 is 1.44 bits per heavy atom. The van der Waals surface area contributed by atoms with Crippen molar-refractivity contribution >= 4 is 20.7 Å². The molecule has 6 heteroatoms. The Kier molecular flexibility index (Phi) is 9.29. The Balaban J connectivity index is 3.86. The van der Waals surface area contributed by atoms with Gasteiger partial charge in [-0.1, -0.05) is 39.0 Å². The van der Waals surface area contributed by atoms with Gasteiger partial charge in [0.15, 0.2) is 0 Å². The average molecular weight is 300 g/mol. The van der Waals surface area contributed by atoms with Crippen molar-refractivity contribution in [2.24, 2.45) is 0 Å². The van der Waals surface area contributed by atoms with Crippen molar-refractivity contribution in [3.8, 4) is 0 Å². The number of hydrogen-bond donors (Lipinski definition) is 0. The fraction of sp³-hybridized carbons (Fsp3) is 1.00. The molecule has 0 radical (unpaired) electrons. The van der Waals surface area contributed by atoms with E-state index in [4.69, 9.17) is 3.63 Å². The third kappa shape index (κ3) is 10.2. The summed E-state index contributed by atoms with van der Waals surface area (Å²) in [4.78, 5) is 0. The zero-order chi connectivity index (χ0) is 14.1. The first-order valence-corrected chi connectivity index (χ1v) is 10.5. The molecule has 0 aliphatic carbocycles. The lowest BCUT2D eigenvalue weighted by atomic mass is 10.1. The zero-order valence-electron chi connectivity index (χ0n) is 12.1. The van der Waals surface area contributed by atoms with Crippen LogP contribution in [-0.2, 0) is 18.2 Å². The second-order valence-electron chi connectivity index (χ2n) is 4.79. The predicted octanol–water partition coefficient (Wildman–Crippen LogP) is 3.62. The monoisotopic (exact) mass is 300 g/mol. The van der Waals surface area contributed by atoms with Gasteiger partial charge in [0, 0.05) is 0 Å². The molecule has 0 fully saturated rings. The molecule has 0 aliphatic heterocycles. The third-order valence-corrected chi connectivity index (χ3v) is 6.46. The number of hydrogen-bond acceptors (Lipinski definition) is 4. The van der Waals surface area contributed by atoms with E-state index in [0.717, 1.165) is 18.6 Å². The highest BCUT2D eigenvalue weighted by molar-refractivity contribution is 8.31. The first kappa shape index (κ1) is 18.2. The molecule has 0 bridgehead atoms. The van der Waals surface area contributed by atoms with Gasteiger partial charge in [-0.15, -0.1) is 10.3 Å². The van der Waals surface area contributed by atoms with Crippen LogP contribution in [0.25, 0.3) is 0 Å². The van der Waals surface area contributed by atoms with Gasteiger partial charge in [-0.25, -0.2) is 4.18 Å². The maximum atomic E-state index is 11.4. The van der Waals surface area contributed by atoms with E-state index in [1.807, 2.05) is 12.5 Å². The molecule has 0 atom stereocenters. The summed E-state index contributed by atoms with van der Waals surface area (Å²) in [6, 6.07) is 0. The first-order valence-electron chi connectivity index (χ1n) is 6.64. The van der Waals surface area contributed by atoms with Crippen molar-refractivity contribution in [3.05, 3.63) is 0 Å². The van der Waals surface area contributed by atoms with Crippen LogP contribution in [0, 0.1) is 0 Å². The van der Waals surface area contributed by atoms with E-state index in [-0.39, 0.29) is 6.61 Å². The fourth-order valence-electron chi connectivity index (χ4n) is 1.65. The Morgan fingerprint density at radius 1 is 0.889 bits per heavy atom. The molecule has 0 aliphatic rings. The summed E-state index contributed by atoms with van der Waals surface area (Å²) in [5.74, 6) is 0.811. The Hall–Kier alpha value is 0.220. The lowest BCUT2D eigenvalue weighted by molar-refractivity contribution is 0.295. The van der Waals surface area contributed by atoms with Crippen LogP contribution in [0.1, 0.15) is 52.4 Å². The predicted molar refractivity (Wildman–Crippen MR) is 79.3 cm³/mol. The second kappa shape index (κ2) is 9.18. The number of unbranched alkanes of at least 4 members (excludes halogenated alkanes) is 5. The SMILES string of the molecule is CCCCCCCCS(C)(C)OS(=O)(=O)OCC. The maximum absolute atomic E-state index is 11.4. The fourth-order valence-corrected chi connectivity index (χ4v) is 5.08. The van der Waals surface area contributed by atoms with Crippen molar-refractivity contribution in [2.45, 2.75) is 52.4 Å². The minimum absolute atomic E-state index is 0.120. The van der Waals surface area contributed by atoms with Crippen molar-refractivity contribution in [3.63, 3.8) is 0 Å². The van der Waals surface area contributed by atoms with Gasteiger partial charge >= 0.3 is 10.4 Å². The molecule has 0 aromatic heterocycles. The zero-order valence-corrected chi connectivity index (χ0v) is 13.7. The third-order valence-electron chi connectivity index (χ3n) is 2.52. The van der Waals surface area contributed by atoms with Crippen LogP contribution in [0.2, 0.25) is 0 Å². The summed E-state index contributed by atoms with van der Waals surface area (Å²) >= 11 is 0. The minimum Gasteiger partial charge on any atom is -0.248 e. The summed E-state index contributed by atoms with van der Waals surface area (Å²) in [6.45, 7) is 3.95. The topological polar surface area (TPSA) is 52.6 Å². The Bertz CT molecular complexity index is 299. The summed E-state index contributed by atoms with van der Waals surface area (Å²) in [6.07, 6.45) is 10.9. The molecule has 0 spiro atoms. The van der Waals surface area contributed by atoms with E-state index in [1.54, 1.807) is 6.92 Å². The highest BCUT2D eigenvalue weighted by Gasteiger charge is 2.22. The largest absolute Gasteiger partial charge is 0.409 e. The van der Waals surface area contributed by atoms with Crippen LogP contribution in [0.15, 0.2) is 0 Å². The summed E-state index contributed by atoms with van der Waals surface area (Å²) in [7, 11) is -5.37. The normalized spacial score (nSPS) is 13.8. The molecule has 18 heavy (non-hydrogen) atoms. The quantitative estimate of drug-likeness (QED) is 0.547. The van der Waals surface area contributed by atoms with Gasteiger partial charge in [0.1, 0.15) is 0 Å². The molecule has 0 N–H and O–H groups in total. The van der Waals surface area contributed by atoms with Crippen molar-refractivity contribution < 1.29 is 16.2 Å². The molecular weight excluding hydrogens is 272 g/mol. The lowest BCUT2D eigenvalue weighted by Crippen LogP contribution is -2.15. The van der Waals surface area contributed by atoms with E-state index in [0.29, 0.717) is 0 Å². The van der Waals surface area contributed by atoms with Gasteiger partial charge in [0.2, 0.25) is 0 Å². The molecule has 0 unspecified atom stereocenters. The molecule has 0 aromatic carbocycles. The van der Waals surface area contributed by atoms with Crippen LogP contribution in [0.3, 0.4) is 0 Å². The van der Waals surface area contributed by atoms with Crippen LogP contribution in [-0.4, -0.2) is 33.3 Å². The van der Waals surface area contributed by atoms with Crippen LogP contribution < -0.4 is 0 Å². The number of rotatable bonds is 11. The van der Waals surface area contributed by atoms with Gasteiger partial charge in [0.25, 0.3) is 0 Å². The summed E-state index contributed by atoms with van der Waals surface area (Å²) in [5, 5.41) is 0. The van der Waals surface area contributed by atoms with Crippen molar-refractivity contribution in [1.82, 2.24) is 0 Å². The van der Waals surface area contributed by atoms with Gasteiger partial charge in [-0.2, -0.15) is 12.0 Å². The van der Waals surface area contributed by atoms with E-state index in [1.165, 1.54) is 25.7 Å². The van der Waals surface area contributed by atoms with Gasteiger partial charge < -0.3 is 0 Å². The first-order chi connectivity index (χ1) is 8.33. The molecular formula is C12H28O4S2. The molecule has 0 amide bonds. The van der Waals surface area contributed by atoms with Gasteiger partial charge in [-0.3, -0.25) is 0 Å². The molecule has 0 saturated heterocycles. The molecule has 0 aromatic rings. The molecule has 0 rings (SSSR count). The lowest BCUT2D eigenvalue weighted by Gasteiger charge is -2.29. The Labute approximate surface area is 114 Å².